The molecule has 1 saturated heterocycles. The number of aliphatic carboxylic acids is 1. The van der Waals surface area contributed by atoms with Crippen molar-refractivity contribution >= 4 is 22.6 Å². The smallest absolute Gasteiger partial charge is 0.308 e. The highest BCUT2D eigenvalue weighted by Gasteiger charge is 2.27. The summed E-state index contributed by atoms with van der Waals surface area (Å²) in [6.07, 6.45) is 1.69. The molecule has 1 aromatic carbocycles. The molecule has 2 heterocycles. The minimum atomic E-state index is -0.688. The van der Waals surface area contributed by atoms with Gasteiger partial charge in [-0.15, -0.1) is 0 Å². The first-order chi connectivity index (χ1) is 10.1. The third-order valence-electron chi connectivity index (χ3n) is 4.43. The molecule has 0 amide bonds. The molecule has 0 aliphatic carbocycles. The number of anilines is 1. The molecule has 1 aliphatic heterocycles. The van der Waals surface area contributed by atoms with Gasteiger partial charge in [0.25, 0.3) is 0 Å². The van der Waals surface area contributed by atoms with Gasteiger partial charge in [0.05, 0.1) is 17.1 Å². The first-order valence-corrected chi connectivity index (χ1v) is 7.41. The molecule has 21 heavy (non-hydrogen) atoms. The van der Waals surface area contributed by atoms with E-state index in [-0.39, 0.29) is 5.92 Å². The normalized spacial score (nSPS) is 19.0. The summed E-state index contributed by atoms with van der Waals surface area (Å²) < 4.78 is 0. The number of piperidine rings is 1. The van der Waals surface area contributed by atoms with Crippen LogP contribution >= 0.6 is 0 Å². The predicted octanol–water partition coefficient (Wildman–Crippen LogP) is 3.15. The van der Waals surface area contributed by atoms with Crippen molar-refractivity contribution in [2.24, 2.45) is 5.92 Å². The van der Waals surface area contributed by atoms with E-state index in [1.807, 2.05) is 25.1 Å². The Hall–Kier alpha value is -2.10. The molecule has 2 aromatic rings. The number of aromatic nitrogens is 1. The standard InChI is InChI=1S/C17H20N2O2/c1-11-12(2)18-15-8-4-3-7-14(15)16(11)19-9-5-6-13(10-19)17(20)21/h3-4,7-8,13H,5-6,9-10H2,1-2H3,(H,20,21). The van der Waals surface area contributed by atoms with Gasteiger partial charge in [-0.3, -0.25) is 9.78 Å². The van der Waals surface area contributed by atoms with Crippen molar-refractivity contribution < 1.29 is 9.90 Å². The van der Waals surface area contributed by atoms with Crippen LogP contribution in [-0.2, 0) is 4.79 Å². The van der Waals surface area contributed by atoms with Crippen molar-refractivity contribution in [3.63, 3.8) is 0 Å². The molecule has 0 saturated carbocycles. The maximum Gasteiger partial charge on any atom is 0.308 e. The maximum absolute atomic E-state index is 11.3. The van der Waals surface area contributed by atoms with Crippen molar-refractivity contribution in [1.29, 1.82) is 0 Å². The zero-order chi connectivity index (χ0) is 15.0. The van der Waals surface area contributed by atoms with Gasteiger partial charge in [0.15, 0.2) is 0 Å². The van der Waals surface area contributed by atoms with Gasteiger partial charge in [0, 0.05) is 24.2 Å². The van der Waals surface area contributed by atoms with Gasteiger partial charge < -0.3 is 10.0 Å². The van der Waals surface area contributed by atoms with Crippen LogP contribution in [0.2, 0.25) is 0 Å². The van der Waals surface area contributed by atoms with Crippen LogP contribution in [0.1, 0.15) is 24.1 Å². The number of rotatable bonds is 2. The molecule has 1 aromatic heterocycles. The SMILES string of the molecule is Cc1nc2ccccc2c(N2CCCC(C(=O)O)C2)c1C. The maximum atomic E-state index is 11.3. The van der Waals surface area contributed by atoms with Gasteiger partial charge in [0.2, 0.25) is 0 Å². The van der Waals surface area contributed by atoms with Crippen LogP contribution in [0.15, 0.2) is 24.3 Å². The molecule has 110 valence electrons. The Morgan fingerprint density at radius 1 is 1.33 bits per heavy atom. The summed E-state index contributed by atoms with van der Waals surface area (Å²) in [4.78, 5) is 18.2. The lowest BCUT2D eigenvalue weighted by molar-refractivity contribution is -0.141. The molecule has 1 N–H and O–H groups in total. The molecule has 0 bridgehead atoms. The van der Waals surface area contributed by atoms with E-state index in [9.17, 15) is 9.90 Å². The number of hydrogen-bond donors (Lipinski definition) is 1. The van der Waals surface area contributed by atoms with Crippen molar-refractivity contribution in [3.8, 4) is 0 Å². The van der Waals surface area contributed by atoms with Crippen molar-refractivity contribution in [1.82, 2.24) is 4.98 Å². The summed E-state index contributed by atoms with van der Waals surface area (Å²) in [5, 5.41) is 10.4. The average molecular weight is 284 g/mol. The Kier molecular flexibility index (Phi) is 3.53. The van der Waals surface area contributed by atoms with Crippen LogP contribution in [0.25, 0.3) is 10.9 Å². The Bertz CT molecular complexity index is 696. The fraction of sp³-hybridized carbons (Fsp3) is 0.412. The Morgan fingerprint density at radius 2 is 2.10 bits per heavy atom. The van der Waals surface area contributed by atoms with Gasteiger partial charge in [0.1, 0.15) is 0 Å². The number of pyridine rings is 1. The summed E-state index contributed by atoms with van der Waals surface area (Å²) >= 11 is 0. The van der Waals surface area contributed by atoms with Gasteiger partial charge >= 0.3 is 5.97 Å². The van der Waals surface area contributed by atoms with E-state index >= 15 is 0 Å². The summed E-state index contributed by atoms with van der Waals surface area (Å²) in [6.45, 7) is 5.60. The lowest BCUT2D eigenvalue weighted by Gasteiger charge is -2.34. The van der Waals surface area contributed by atoms with Gasteiger partial charge in [-0.2, -0.15) is 0 Å². The minimum absolute atomic E-state index is 0.273. The highest BCUT2D eigenvalue weighted by atomic mass is 16.4. The molecule has 3 rings (SSSR count). The lowest BCUT2D eigenvalue weighted by Crippen LogP contribution is -2.39. The van der Waals surface area contributed by atoms with Crippen LogP contribution in [0.5, 0.6) is 0 Å². The van der Waals surface area contributed by atoms with Crippen molar-refractivity contribution in [3.05, 3.63) is 35.5 Å². The largest absolute Gasteiger partial charge is 0.481 e. The summed E-state index contributed by atoms with van der Waals surface area (Å²) in [7, 11) is 0. The van der Waals surface area contributed by atoms with Crippen LogP contribution in [0, 0.1) is 19.8 Å². The van der Waals surface area contributed by atoms with Crippen LogP contribution in [-0.4, -0.2) is 29.1 Å². The number of carboxylic acid groups (broad SMARTS) is 1. The molecular formula is C17H20N2O2. The van der Waals surface area contributed by atoms with E-state index in [4.69, 9.17) is 0 Å². The number of carbonyl (C=O) groups is 1. The van der Waals surface area contributed by atoms with Gasteiger partial charge in [-0.25, -0.2) is 0 Å². The molecule has 0 spiro atoms. The molecule has 1 unspecified atom stereocenters. The molecule has 1 fully saturated rings. The second-order valence-corrected chi connectivity index (χ2v) is 5.81. The van der Waals surface area contributed by atoms with E-state index in [0.717, 1.165) is 47.2 Å². The van der Waals surface area contributed by atoms with E-state index in [1.165, 1.54) is 0 Å². The zero-order valence-corrected chi connectivity index (χ0v) is 12.5. The van der Waals surface area contributed by atoms with Crippen LogP contribution in [0.3, 0.4) is 0 Å². The molecular weight excluding hydrogens is 264 g/mol. The van der Waals surface area contributed by atoms with E-state index in [1.54, 1.807) is 0 Å². The van der Waals surface area contributed by atoms with E-state index in [0.29, 0.717) is 6.54 Å². The zero-order valence-electron chi connectivity index (χ0n) is 12.5. The lowest BCUT2D eigenvalue weighted by atomic mass is 9.96. The fourth-order valence-electron chi connectivity index (χ4n) is 3.20. The number of carboxylic acids is 1. The molecule has 1 atom stereocenters. The third kappa shape index (κ3) is 2.46. The number of aryl methyl sites for hydroxylation is 1. The quantitative estimate of drug-likeness (QED) is 0.920. The van der Waals surface area contributed by atoms with Crippen LogP contribution < -0.4 is 4.90 Å². The monoisotopic (exact) mass is 284 g/mol. The van der Waals surface area contributed by atoms with Crippen molar-refractivity contribution in [2.45, 2.75) is 26.7 Å². The molecule has 4 heteroatoms. The summed E-state index contributed by atoms with van der Waals surface area (Å²) in [6, 6.07) is 8.10. The van der Waals surface area contributed by atoms with Crippen molar-refractivity contribution in [2.75, 3.05) is 18.0 Å². The minimum Gasteiger partial charge on any atom is -0.481 e. The average Bonchev–Trinajstić information content (AvgIpc) is 2.48. The van der Waals surface area contributed by atoms with E-state index < -0.39 is 5.97 Å². The topological polar surface area (TPSA) is 53.4 Å². The summed E-state index contributed by atoms with van der Waals surface area (Å²) in [5.41, 5.74) is 4.30. The van der Waals surface area contributed by atoms with Gasteiger partial charge in [-0.1, -0.05) is 18.2 Å². The Morgan fingerprint density at radius 3 is 2.86 bits per heavy atom. The fourth-order valence-corrected chi connectivity index (χ4v) is 3.20. The van der Waals surface area contributed by atoms with Crippen LogP contribution in [0.4, 0.5) is 5.69 Å². The number of para-hydroxylation sites is 1. The second kappa shape index (κ2) is 5.35. The molecule has 4 nitrogen and oxygen atoms in total. The Labute approximate surface area is 124 Å². The number of fused-ring (bicyclic) bond motifs is 1. The first kappa shape index (κ1) is 13.9. The highest BCUT2D eigenvalue weighted by Crippen LogP contribution is 2.33. The molecule has 0 radical (unpaired) electrons. The number of hydrogen-bond acceptors (Lipinski definition) is 3. The number of nitrogens with zero attached hydrogens (tertiary/aromatic N) is 2. The predicted molar refractivity (Wildman–Crippen MR) is 83.8 cm³/mol. The van der Waals surface area contributed by atoms with E-state index in [2.05, 4.69) is 22.9 Å². The second-order valence-electron chi connectivity index (χ2n) is 5.81. The highest BCUT2D eigenvalue weighted by molar-refractivity contribution is 5.94. The Balaban J connectivity index is 2.10. The summed E-state index contributed by atoms with van der Waals surface area (Å²) in [5.74, 6) is -0.960. The van der Waals surface area contributed by atoms with Gasteiger partial charge in [-0.05, 0) is 38.3 Å². The number of benzene rings is 1. The third-order valence-corrected chi connectivity index (χ3v) is 4.43. The molecule has 1 aliphatic rings. The first-order valence-electron chi connectivity index (χ1n) is 7.41.